The summed E-state index contributed by atoms with van der Waals surface area (Å²) in [7, 11) is 1.80. The Labute approximate surface area is 145 Å². The highest BCUT2D eigenvalue weighted by Crippen LogP contribution is 2.17. The van der Waals surface area contributed by atoms with Gasteiger partial charge in [0, 0.05) is 31.7 Å². The molecule has 5 heteroatoms. The third-order valence-electron chi connectivity index (χ3n) is 4.41. The molecular formula is C19H30N4O. The van der Waals surface area contributed by atoms with Gasteiger partial charge in [-0.3, -0.25) is 9.79 Å². The van der Waals surface area contributed by atoms with Gasteiger partial charge in [0.2, 0.25) is 0 Å². The zero-order valence-corrected chi connectivity index (χ0v) is 14.9. The highest BCUT2D eigenvalue weighted by Gasteiger charge is 2.15. The van der Waals surface area contributed by atoms with Gasteiger partial charge >= 0.3 is 0 Å². The maximum atomic E-state index is 12.0. The fraction of sp³-hybridized carbons (Fsp3) is 0.579. The molecule has 0 spiro atoms. The van der Waals surface area contributed by atoms with Crippen molar-refractivity contribution in [3.8, 4) is 0 Å². The summed E-state index contributed by atoms with van der Waals surface area (Å²) in [5, 5.41) is 9.75. The highest BCUT2D eigenvalue weighted by molar-refractivity contribution is 5.94. The van der Waals surface area contributed by atoms with Gasteiger partial charge in [-0.05, 0) is 37.0 Å². The van der Waals surface area contributed by atoms with Gasteiger partial charge in [0.1, 0.15) is 0 Å². The van der Waals surface area contributed by atoms with E-state index in [2.05, 4.69) is 27.9 Å². The Bertz CT molecular complexity index is 533. The summed E-state index contributed by atoms with van der Waals surface area (Å²) < 4.78 is 0. The summed E-state index contributed by atoms with van der Waals surface area (Å²) >= 11 is 0. The van der Waals surface area contributed by atoms with Crippen LogP contribution in [0.5, 0.6) is 0 Å². The molecule has 0 heterocycles. The van der Waals surface area contributed by atoms with Crippen LogP contribution < -0.4 is 16.0 Å². The maximum Gasteiger partial charge on any atom is 0.251 e. The number of nitrogens with zero attached hydrogens (tertiary/aromatic N) is 1. The lowest BCUT2D eigenvalue weighted by molar-refractivity contribution is 0.0953. The van der Waals surface area contributed by atoms with Crippen molar-refractivity contribution in [1.29, 1.82) is 0 Å². The largest absolute Gasteiger partial charge is 0.354 e. The van der Waals surface area contributed by atoms with Crippen molar-refractivity contribution < 1.29 is 4.79 Å². The van der Waals surface area contributed by atoms with Gasteiger partial charge in [-0.15, -0.1) is 0 Å². The molecule has 0 saturated heterocycles. The molecule has 1 aromatic rings. The first kappa shape index (κ1) is 18.3. The van der Waals surface area contributed by atoms with Gasteiger partial charge < -0.3 is 16.0 Å². The van der Waals surface area contributed by atoms with Gasteiger partial charge in [-0.1, -0.05) is 38.3 Å². The van der Waals surface area contributed by atoms with Crippen LogP contribution in [0.1, 0.15) is 61.4 Å². The van der Waals surface area contributed by atoms with Gasteiger partial charge in [0.15, 0.2) is 5.96 Å². The number of nitrogens with one attached hydrogen (secondary N) is 3. The van der Waals surface area contributed by atoms with E-state index in [1.54, 1.807) is 7.05 Å². The zero-order valence-electron chi connectivity index (χ0n) is 14.9. The summed E-state index contributed by atoms with van der Waals surface area (Å²) in [5.74, 6) is 0.852. The summed E-state index contributed by atoms with van der Waals surface area (Å²) in [4.78, 5) is 16.3. The van der Waals surface area contributed by atoms with Crippen molar-refractivity contribution in [3.63, 3.8) is 0 Å². The van der Waals surface area contributed by atoms with Crippen LogP contribution in [-0.4, -0.2) is 31.5 Å². The van der Waals surface area contributed by atoms with Crippen LogP contribution in [0, 0.1) is 0 Å². The van der Waals surface area contributed by atoms with E-state index < -0.39 is 0 Å². The minimum Gasteiger partial charge on any atom is -0.354 e. The smallest absolute Gasteiger partial charge is 0.251 e. The number of rotatable bonds is 7. The summed E-state index contributed by atoms with van der Waals surface area (Å²) in [6.07, 6.45) is 7.15. The molecule has 1 aliphatic carbocycles. The Morgan fingerprint density at radius 2 is 1.88 bits per heavy atom. The molecule has 0 aliphatic heterocycles. The van der Waals surface area contributed by atoms with Crippen molar-refractivity contribution in [3.05, 3.63) is 35.4 Å². The van der Waals surface area contributed by atoms with Gasteiger partial charge in [-0.2, -0.15) is 0 Å². The summed E-state index contributed by atoms with van der Waals surface area (Å²) in [6, 6.07) is 8.29. The topological polar surface area (TPSA) is 65.5 Å². The molecule has 24 heavy (non-hydrogen) atoms. The van der Waals surface area contributed by atoms with Crippen molar-refractivity contribution in [1.82, 2.24) is 16.0 Å². The molecule has 1 aromatic carbocycles. The average molecular weight is 330 g/mol. The predicted molar refractivity (Wildman–Crippen MR) is 99.3 cm³/mol. The van der Waals surface area contributed by atoms with Gasteiger partial charge in [0.25, 0.3) is 5.91 Å². The third kappa shape index (κ3) is 5.87. The van der Waals surface area contributed by atoms with Crippen LogP contribution in [0.25, 0.3) is 0 Å². The van der Waals surface area contributed by atoms with E-state index in [9.17, 15) is 4.79 Å². The molecule has 1 fully saturated rings. The van der Waals surface area contributed by atoms with Crippen molar-refractivity contribution in [2.24, 2.45) is 4.99 Å². The van der Waals surface area contributed by atoms with Crippen LogP contribution in [-0.2, 0) is 6.54 Å². The number of amides is 1. The lowest BCUT2D eigenvalue weighted by Crippen LogP contribution is -2.41. The van der Waals surface area contributed by atoms with E-state index in [0.29, 0.717) is 18.2 Å². The molecule has 1 amide bonds. The first-order valence-corrected chi connectivity index (χ1v) is 9.07. The molecule has 0 atom stereocenters. The minimum atomic E-state index is 0.00155. The molecule has 5 nitrogen and oxygen atoms in total. The summed E-state index contributed by atoms with van der Waals surface area (Å²) in [5.41, 5.74) is 1.85. The first-order chi connectivity index (χ1) is 11.7. The van der Waals surface area contributed by atoms with Crippen LogP contribution in [0.4, 0.5) is 0 Å². The zero-order chi connectivity index (χ0) is 17.2. The predicted octanol–water partition coefficient (Wildman–Crippen LogP) is 2.82. The Hall–Kier alpha value is -2.04. The number of unbranched alkanes of at least 4 members (excludes halogenated alkanes) is 1. The number of hydrogen-bond donors (Lipinski definition) is 3. The number of aliphatic imine (C=N–C) groups is 1. The Balaban J connectivity index is 1.79. The van der Waals surface area contributed by atoms with Crippen molar-refractivity contribution >= 4 is 11.9 Å². The Kier molecular flexibility index (Phi) is 7.59. The van der Waals surface area contributed by atoms with E-state index in [0.717, 1.165) is 30.9 Å². The number of carbonyl (C=O) groups is 1. The fourth-order valence-electron chi connectivity index (χ4n) is 2.90. The molecule has 3 N–H and O–H groups in total. The second-order valence-corrected chi connectivity index (χ2v) is 6.36. The molecule has 2 rings (SSSR count). The monoisotopic (exact) mass is 330 g/mol. The average Bonchev–Trinajstić information content (AvgIpc) is 3.12. The highest BCUT2D eigenvalue weighted by atomic mass is 16.1. The van der Waals surface area contributed by atoms with E-state index in [-0.39, 0.29) is 5.91 Å². The number of guanidine groups is 1. The molecule has 1 saturated carbocycles. The number of carbonyl (C=O) groups excluding carboxylic acids is 1. The normalized spacial score (nSPS) is 15.3. The molecule has 1 aliphatic rings. The van der Waals surface area contributed by atoms with Crippen LogP contribution in [0.2, 0.25) is 0 Å². The lowest BCUT2D eigenvalue weighted by Gasteiger charge is -2.17. The molecule has 0 bridgehead atoms. The van der Waals surface area contributed by atoms with E-state index in [1.165, 1.54) is 25.7 Å². The molecular weight excluding hydrogens is 300 g/mol. The maximum absolute atomic E-state index is 12.0. The molecule has 0 aromatic heterocycles. The molecule has 132 valence electrons. The van der Waals surface area contributed by atoms with E-state index in [4.69, 9.17) is 0 Å². The van der Waals surface area contributed by atoms with Crippen molar-refractivity contribution in [2.75, 3.05) is 13.6 Å². The minimum absolute atomic E-state index is 0.00155. The second kappa shape index (κ2) is 9.96. The fourth-order valence-corrected chi connectivity index (χ4v) is 2.90. The number of benzene rings is 1. The second-order valence-electron chi connectivity index (χ2n) is 6.36. The van der Waals surface area contributed by atoms with Gasteiger partial charge in [0.05, 0.1) is 0 Å². The molecule has 0 unspecified atom stereocenters. The standard InChI is InChI=1S/C19H30N4O/c1-3-4-13-21-18(24)16-11-9-15(10-12-16)14-22-19(20-2)23-17-7-5-6-8-17/h9-12,17H,3-8,13-14H2,1-2H3,(H,21,24)(H2,20,22,23). The van der Waals surface area contributed by atoms with Crippen LogP contribution in [0.15, 0.2) is 29.3 Å². The van der Waals surface area contributed by atoms with Crippen LogP contribution in [0.3, 0.4) is 0 Å². The van der Waals surface area contributed by atoms with Crippen molar-refractivity contribution in [2.45, 2.75) is 58.0 Å². The molecule has 0 radical (unpaired) electrons. The van der Waals surface area contributed by atoms with E-state index >= 15 is 0 Å². The summed E-state index contributed by atoms with van der Waals surface area (Å²) in [6.45, 7) is 3.55. The third-order valence-corrected chi connectivity index (χ3v) is 4.41. The van der Waals surface area contributed by atoms with Crippen LogP contribution >= 0.6 is 0 Å². The Morgan fingerprint density at radius 3 is 2.50 bits per heavy atom. The number of hydrogen-bond acceptors (Lipinski definition) is 2. The Morgan fingerprint density at radius 1 is 1.17 bits per heavy atom. The lowest BCUT2D eigenvalue weighted by atomic mass is 10.1. The SMILES string of the molecule is CCCCNC(=O)c1ccc(CNC(=NC)NC2CCCC2)cc1. The van der Waals surface area contributed by atoms with Gasteiger partial charge in [-0.25, -0.2) is 0 Å². The quantitative estimate of drug-likeness (QED) is 0.409. The van der Waals surface area contributed by atoms with E-state index in [1.807, 2.05) is 24.3 Å². The first-order valence-electron chi connectivity index (χ1n) is 9.07.